The molecule has 0 aliphatic carbocycles. The smallest absolute Gasteiger partial charge is 0.252 e. The van der Waals surface area contributed by atoms with Gasteiger partial charge < -0.3 is 5.32 Å². The number of benzene rings is 3. The van der Waals surface area contributed by atoms with Crippen molar-refractivity contribution in [1.29, 1.82) is 5.26 Å². The SMILES string of the molecule is CCC[C@@H](C#N)C(NC(=O)c1ccc(Br)cc1)(c1ccccc1)c1ccccc1. The molecule has 1 amide bonds. The minimum Gasteiger partial charge on any atom is -0.337 e. The predicted molar refractivity (Wildman–Crippen MR) is 119 cm³/mol. The minimum absolute atomic E-state index is 0.207. The Hall–Kier alpha value is -2.90. The van der Waals surface area contributed by atoms with Crippen LogP contribution < -0.4 is 5.32 Å². The summed E-state index contributed by atoms with van der Waals surface area (Å²) >= 11 is 3.41. The quantitative estimate of drug-likeness (QED) is 0.479. The second kappa shape index (κ2) is 9.54. The molecule has 4 heteroatoms. The molecule has 3 aromatic carbocycles. The number of rotatable bonds is 7. The van der Waals surface area contributed by atoms with E-state index in [2.05, 4.69) is 34.2 Å². The number of carbonyl (C=O) groups is 1. The van der Waals surface area contributed by atoms with Gasteiger partial charge in [-0.2, -0.15) is 5.26 Å². The molecule has 3 nitrogen and oxygen atoms in total. The fraction of sp³-hybridized carbons (Fsp3) is 0.200. The molecule has 29 heavy (non-hydrogen) atoms. The summed E-state index contributed by atoms with van der Waals surface area (Å²) < 4.78 is 0.910. The third kappa shape index (κ3) is 4.41. The Balaban J connectivity index is 2.19. The lowest BCUT2D eigenvalue weighted by Crippen LogP contribution is -2.51. The highest BCUT2D eigenvalue weighted by Gasteiger charge is 2.43. The van der Waals surface area contributed by atoms with Crippen LogP contribution in [0.15, 0.2) is 89.4 Å². The molecule has 0 aliphatic rings. The zero-order chi connectivity index (χ0) is 20.7. The Labute approximate surface area is 180 Å². The standard InChI is InChI=1S/C25H23BrN2O/c1-2-9-22(18-27)25(20-10-5-3-6-11-20,21-12-7-4-8-13-21)28-24(29)19-14-16-23(26)17-15-19/h3-8,10-17,22H,2,9H2,1H3,(H,28,29)/t22-/m0/s1. The van der Waals surface area contributed by atoms with Gasteiger partial charge >= 0.3 is 0 Å². The first-order valence-corrected chi connectivity index (χ1v) is 10.5. The monoisotopic (exact) mass is 446 g/mol. The second-order valence-corrected chi connectivity index (χ2v) is 7.89. The third-order valence-corrected chi connectivity index (χ3v) is 5.66. The molecule has 0 aromatic heterocycles. The van der Waals surface area contributed by atoms with Gasteiger partial charge in [-0.05, 0) is 41.8 Å². The first kappa shape index (κ1) is 20.8. The van der Waals surface area contributed by atoms with E-state index in [1.54, 1.807) is 12.1 Å². The maximum atomic E-state index is 13.3. The van der Waals surface area contributed by atoms with Gasteiger partial charge in [0.25, 0.3) is 5.91 Å². The Bertz CT molecular complexity index is 939. The highest BCUT2D eigenvalue weighted by atomic mass is 79.9. The van der Waals surface area contributed by atoms with Crippen LogP contribution >= 0.6 is 15.9 Å². The van der Waals surface area contributed by atoms with E-state index in [0.717, 1.165) is 22.0 Å². The van der Waals surface area contributed by atoms with Crippen molar-refractivity contribution in [1.82, 2.24) is 5.32 Å². The zero-order valence-corrected chi connectivity index (χ0v) is 17.9. The summed E-state index contributed by atoms with van der Waals surface area (Å²) in [6.45, 7) is 2.06. The van der Waals surface area contributed by atoms with E-state index in [1.165, 1.54) is 0 Å². The Morgan fingerprint density at radius 3 is 1.93 bits per heavy atom. The topological polar surface area (TPSA) is 52.9 Å². The van der Waals surface area contributed by atoms with E-state index in [4.69, 9.17) is 0 Å². The third-order valence-electron chi connectivity index (χ3n) is 5.13. The van der Waals surface area contributed by atoms with Crippen LogP contribution in [0.5, 0.6) is 0 Å². The predicted octanol–water partition coefficient (Wildman–Crippen LogP) is 6.06. The molecule has 3 aromatic rings. The van der Waals surface area contributed by atoms with E-state index < -0.39 is 11.5 Å². The molecule has 146 valence electrons. The maximum Gasteiger partial charge on any atom is 0.252 e. The Kier molecular flexibility index (Phi) is 6.85. The van der Waals surface area contributed by atoms with E-state index >= 15 is 0 Å². The van der Waals surface area contributed by atoms with Gasteiger partial charge in [-0.1, -0.05) is 89.9 Å². The molecule has 0 radical (unpaired) electrons. The number of nitriles is 1. The number of nitrogens with one attached hydrogen (secondary N) is 1. The van der Waals surface area contributed by atoms with Gasteiger partial charge in [0, 0.05) is 10.0 Å². The Morgan fingerprint density at radius 2 is 1.48 bits per heavy atom. The lowest BCUT2D eigenvalue weighted by molar-refractivity contribution is 0.0892. The van der Waals surface area contributed by atoms with Crippen molar-refractivity contribution in [2.24, 2.45) is 5.92 Å². The van der Waals surface area contributed by atoms with Crippen LogP contribution in [-0.2, 0) is 5.54 Å². The van der Waals surface area contributed by atoms with Gasteiger partial charge in [0.15, 0.2) is 0 Å². The molecule has 0 aliphatic heterocycles. The van der Waals surface area contributed by atoms with Crippen molar-refractivity contribution >= 4 is 21.8 Å². The first-order chi connectivity index (χ1) is 14.1. The van der Waals surface area contributed by atoms with Crippen molar-refractivity contribution < 1.29 is 4.79 Å². The van der Waals surface area contributed by atoms with Crippen LogP contribution in [0.25, 0.3) is 0 Å². The lowest BCUT2D eigenvalue weighted by atomic mass is 9.71. The molecule has 0 saturated heterocycles. The van der Waals surface area contributed by atoms with E-state index in [1.807, 2.05) is 72.8 Å². The molecule has 3 rings (SSSR count). The Morgan fingerprint density at radius 1 is 0.966 bits per heavy atom. The van der Waals surface area contributed by atoms with Crippen LogP contribution in [0.2, 0.25) is 0 Å². The molecule has 1 atom stereocenters. The normalized spacial score (nSPS) is 12.0. The summed E-state index contributed by atoms with van der Waals surface area (Å²) in [5.41, 5.74) is 1.41. The molecule has 1 N–H and O–H groups in total. The molecular formula is C25H23BrN2O. The van der Waals surface area contributed by atoms with Crippen LogP contribution in [-0.4, -0.2) is 5.91 Å². The summed E-state index contributed by atoms with van der Waals surface area (Å²) in [6, 6.07) is 29.3. The van der Waals surface area contributed by atoms with Crippen LogP contribution in [0.4, 0.5) is 0 Å². The number of amides is 1. The largest absolute Gasteiger partial charge is 0.337 e. The fourth-order valence-electron chi connectivity index (χ4n) is 3.72. The molecule has 0 heterocycles. The average Bonchev–Trinajstić information content (AvgIpc) is 2.77. The van der Waals surface area contributed by atoms with Gasteiger partial charge in [0.1, 0.15) is 5.54 Å². The summed E-state index contributed by atoms with van der Waals surface area (Å²) in [4.78, 5) is 13.3. The van der Waals surface area contributed by atoms with Gasteiger partial charge in [-0.25, -0.2) is 0 Å². The summed E-state index contributed by atoms with van der Waals surface area (Å²) in [6.07, 6.45) is 1.51. The molecule has 0 spiro atoms. The summed E-state index contributed by atoms with van der Waals surface area (Å²) in [7, 11) is 0. The van der Waals surface area contributed by atoms with Crippen molar-refractivity contribution in [3.63, 3.8) is 0 Å². The van der Waals surface area contributed by atoms with Gasteiger partial charge in [-0.3, -0.25) is 4.79 Å². The van der Waals surface area contributed by atoms with Crippen LogP contribution in [0.3, 0.4) is 0 Å². The lowest BCUT2D eigenvalue weighted by Gasteiger charge is -2.39. The van der Waals surface area contributed by atoms with Crippen molar-refractivity contribution in [2.75, 3.05) is 0 Å². The molecule has 0 bridgehead atoms. The molecular weight excluding hydrogens is 424 g/mol. The number of halogens is 1. The molecule has 0 saturated carbocycles. The van der Waals surface area contributed by atoms with E-state index in [0.29, 0.717) is 12.0 Å². The van der Waals surface area contributed by atoms with Crippen LogP contribution in [0.1, 0.15) is 41.3 Å². The van der Waals surface area contributed by atoms with Crippen molar-refractivity contribution in [3.8, 4) is 6.07 Å². The minimum atomic E-state index is -0.947. The highest BCUT2D eigenvalue weighted by molar-refractivity contribution is 9.10. The van der Waals surface area contributed by atoms with Gasteiger partial charge in [0.05, 0.1) is 12.0 Å². The second-order valence-electron chi connectivity index (χ2n) is 6.97. The molecule has 0 fully saturated rings. The first-order valence-electron chi connectivity index (χ1n) is 9.70. The highest BCUT2D eigenvalue weighted by Crippen LogP contribution is 2.39. The average molecular weight is 447 g/mol. The number of nitrogens with zero attached hydrogens (tertiary/aromatic N) is 1. The van der Waals surface area contributed by atoms with E-state index in [-0.39, 0.29) is 5.91 Å². The number of hydrogen-bond donors (Lipinski definition) is 1. The van der Waals surface area contributed by atoms with Gasteiger partial charge in [0.2, 0.25) is 0 Å². The molecule has 0 unspecified atom stereocenters. The number of hydrogen-bond acceptors (Lipinski definition) is 2. The zero-order valence-electron chi connectivity index (χ0n) is 16.3. The van der Waals surface area contributed by atoms with Crippen LogP contribution in [0, 0.1) is 17.2 Å². The summed E-state index contributed by atoms with van der Waals surface area (Å²) in [5, 5.41) is 13.4. The fourth-order valence-corrected chi connectivity index (χ4v) is 3.99. The van der Waals surface area contributed by atoms with Crippen molar-refractivity contribution in [2.45, 2.75) is 25.3 Å². The van der Waals surface area contributed by atoms with E-state index in [9.17, 15) is 10.1 Å². The van der Waals surface area contributed by atoms with Gasteiger partial charge in [-0.15, -0.1) is 0 Å². The maximum absolute atomic E-state index is 13.3. The number of carbonyl (C=O) groups excluding carboxylic acids is 1. The summed E-state index contributed by atoms with van der Waals surface area (Å²) in [5.74, 6) is -0.627. The van der Waals surface area contributed by atoms with Crippen molar-refractivity contribution in [3.05, 3.63) is 106 Å².